The first kappa shape index (κ1) is 18.2. The lowest BCUT2D eigenvalue weighted by molar-refractivity contribution is 0.0696. The Labute approximate surface area is 157 Å². The van der Waals surface area contributed by atoms with Crippen molar-refractivity contribution in [3.8, 4) is 0 Å². The molecule has 7 nitrogen and oxygen atoms in total. The summed E-state index contributed by atoms with van der Waals surface area (Å²) < 4.78 is 33.3. The number of anilines is 2. The van der Waals surface area contributed by atoms with Crippen molar-refractivity contribution in [2.75, 3.05) is 35.9 Å². The fourth-order valence-corrected chi connectivity index (χ4v) is 5.56. The third kappa shape index (κ3) is 4.14. The highest BCUT2D eigenvalue weighted by atomic mass is 79.9. The van der Waals surface area contributed by atoms with Crippen LogP contribution in [0.2, 0.25) is 0 Å². The quantitative estimate of drug-likeness (QED) is 0.732. The van der Waals surface area contributed by atoms with Gasteiger partial charge in [0.2, 0.25) is 0 Å². The first-order valence-corrected chi connectivity index (χ1v) is 10.4. The monoisotopic (exact) mass is 446 g/mol. The predicted octanol–water partition coefficient (Wildman–Crippen LogP) is 2.85. The van der Waals surface area contributed by atoms with E-state index in [1.54, 1.807) is 18.2 Å². The van der Waals surface area contributed by atoms with Gasteiger partial charge in [-0.1, -0.05) is 0 Å². The van der Waals surface area contributed by atoms with Crippen molar-refractivity contribution >= 4 is 54.6 Å². The molecule has 0 spiro atoms. The fourth-order valence-electron chi connectivity index (χ4n) is 2.50. The van der Waals surface area contributed by atoms with Crippen molar-refractivity contribution in [3.05, 3.63) is 39.7 Å². The predicted molar refractivity (Wildman–Crippen MR) is 99.3 cm³/mol. The molecule has 0 radical (unpaired) electrons. The summed E-state index contributed by atoms with van der Waals surface area (Å²) >= 11 is 4.31. The Balaban J connectivity index is 1.90. The molecule has 2 N–H and O–H groups in total. The van der Waals surface area contributed by atoms with Gasteiger partial charge >= 0.3 is 5.97 Å². The molecule has 0 bridgehead atoms. The van der Waals surface area contributed by atoms with Crippen LogP contribution in [-0.4, -0.2) is 45.8 Å². The van der Waals surface area contributed by atoms with Gasteiger partial charge in [-0.25, -0.2) is 13.2 Å². The molecule has 0 unspecified atom stereocenters. The summed E-state index contributed by atoms with van der Waals surface area (Å²) in [5.74, 6) is -1.11. The number of benzene rings is 1. The normalized spacial score (nSPS) is 15.2. The summed E-state index contributed by atoms with van der Waals surface area (Å²) in [6.07, 6.45) is 0. The molecular weight excluding hydrogens is 432 g/mol. The maximum atomic E-state index is 12.4. The van der Waals surface area contributed by atoms with Gasteiger partial charge in [-0.05, 0) is 46.3 Å². The van der Waals surface area contributed by atoms with Crippen LogP contribution >= 0.6 is 27.3 Å². The molecule has 3 rings (SSSR count). The van der Waals surface area contributed by atoms with Gasteiger partial charge in [-0.15, -0.1) is 11.3 Å². The maximum absolute atomic E-state index is 12.4. The van der Waals surface area contributed by atoms with Crippen LogP contribution < -0.4 is 9.62 Å². The summed E-state index contributed by atoms with van der Waals surface area (Å²) in [7, 11) is -3.76. The molecule has 2 heterocycles. The molecule has 1 aliphatic heterocycles. The number of hydrogen-bond donors (Lipinski definition) is 2. The van der Waals surface area contributed by atoms with E-state index in [0.29, 0.717) is 35.8 Å². The number of aromatic carboxylic acids is 1. The van der Waals surface area contributed by atoms with Crippen molar-refractivity contribution in [2.45, 2.75) is 4.21 Å². The second kappa shape index (κ2) is 7.32. The second-order valence-electron chi connectivity index (χ2n) is 5.30. The average Bonchev–Trinajstić information content (AvgIpc) is 3.03. The molecule has 1 aromatic heterocycles. The number of nitrogens with one attached hydrogen (secondary N) is 1. The minimum Gasteiger partial charge on any atom is -0.478 e. The van der Waals surface area contributed by atoms with Gasteiger partial charge in [0, 0.05) is 18.8 Å². The Morgan fingerprint density at radius 3 is 2.56 bits per heavy atom. The largest absolute Gasteiger partial charge is 0.478 e. The highest BCUT2D eigenvalue weighted by molar-refractivity contribution is 9.11. The molecule has 0 aliphatic carbocycles. The number of carbonyl (C=O) groups is 1. The third-order valence-corrected chi connectivity index (χ3v) is 7.14. The number of carboxylic acids is 1. The minimum atomic E-state index is -3.76. The van der Waals surface area contributed by atoms with E-state index >= 15 is 0 Å². The Morgan fingerprint density at radius 2 is 1.96 bits per heavy atom. The van der Waals surface area contributed by atoms with E-state index in [2.05, 4.69) is 20.7 Å². The first-order chi connectivity index (χ1) is 11.9. The molecule has 134 valence electrons. The molecule has 0 amide bonds. The number of carboxylic acid groups (broad SMARTS) is 1. The third-order valence-electron chi connectivity index (χ3n) is 3.64. The van der Waals surface area contributed by atoms with E-state index in [-0.39, 0.29) is 15.5 Å². The Bertz CT molecular complexity index is 891. The topological polar surface area (TPSA) is 95.9 Å². The van der Waals surface area contributed by atoms with Crippen LogP contribution in [0.25, 0.3) is 0 Å². The van der Waals surface area contributed by atoms with Crippen LogP contribution in [-0.2, 0) is 14.8 Å². The number of nitrogens with zero attached hydrogens (tertiary/aromatic N) is 1. The van der Waals surface area contributed by atoms with Gasteiger partial charge < -0.3 is 14.7 Å². The molecule has 1 aliphatic rings. The number of rotatable bonds is 5. The number of thiophene rings is 1. The van der Waals surface area contributed by atoms with E-state index in [1.165, 1.54) is 12.1 Å². The lowest BCUT2D eigenvalue weighted by Crippen LogP contribution is -2.37. The number of sulfonamides is 1. The zero-order valence-electron chi connectivity index (χ0n) is 12.9. The van der Waals surface area contributed by atoms with E-state index in [4.69, 9.17) is 4.74 Å². The van der Waals surface area contributed by atoms with Crippen LogP contribution in [0.5, 0.6) is 0 Å². The van der Waals surface area contributed by atoms with Crippen molar-refractivity contribution in [1.82, 2.24) is 0 Å². The maximum Gasteiger partial charge on any atom is 0.337 e. The van der Waals surface area contributed by atoms with Crippen LogP contribution in [0.4, 0.5) is 11.4 Å². The lowest BCUT2D eigenvalue weighted by Gasteiger charge is -2.30. The van der Waals surface area contributed by atoms with Gasteiger partial charge in [-0.2, -0.15) is 0 Å². The number of hydrogen-bond acceptors (Lipinski definition) is 6. The van der Waals surface area contributed by atoms with Crippen LogP contribution in [0, 0.1) is 0 Å². The summed E-state index contributed by atoms with van der Waals surface area (Å²) in [5, 5.41) is 9.50. The molecule has 25 heavy (non-hydrogen) atoms. The standard InChI is InChI=1S/C15H15BrN2O5S2/c16-13-3-4-14(24-13)25(21,22)17-10-1-2-12(11(9-10)15(19)20)18-5-7-23-8-6-18/h1-4,9,17H,5-8H2,(H,19,20). The first-order valence-electron chi connectivity index (χ1n) is 7.35. The molecule has 1 aromatic carbocycles. The van der Waals surface area contributed by atoms with Gasteiger partial charge in [-0.3, -0.25) is 4.72 Å². The SMILES string of the molecule is O=C(O)c1cc(NS(=O)(=O)c2ccc(Br)s2)ccc1N1CCOCC1. The van der Waals surface area contributed by atoms with Gasteiger partial charge in [0.25, 0.3) is 10.0 Å². The molecule has 0 saturated carbocycles. The van der Waals surface area contributed by atoms with Crippen molar-refractivity contribution < 1.29 is 23.1 Å². The summed E-state index contributed by atoms with van der Waals surface area (Å²) in [4.78, 5) is 13.5. The van der Waals surface area contributed by atoms with Crippen molar-refractivity contribution in [1.29, 1.82) is 0 Å². The number of morpholine rings is 1. The molecule has 1 saturated heterocycles. The number of ether oxygens (including phenoxy) is 1. The summed E-state index contributed by atoms with van der Waals surface area (Å²) in [5.41, 5.74) is 0.811. The molecule has 0 atom stereocenters. The second-order valence-corrected chi connectivity index (χ2v) is 9.67. The van der Waals surface area contributed by atoms with E-state index in [9.17, 15) is 18.3 Å². The van der Waals surface area contributed by atoms with Gasteiger partial charge in [0.05, 0.1) is 28.3 Å². The Hall–Kier alpha value is -1.62. The smallest absolute Gasteiger partial charge is 0.337 e. The zero-order valence-corrected chi connectivity index (χ0v) is 16.2. The van der Waals surface area contributed by atoms with Gasteiger partial charge in [0.1, 0.15) is 4.21 Å². The number of halogens is 1. The zero-order chi connectivity index (χ0) is 18.0. The summed E-state index contributed by atoms with van der Waals surface area (Å²) in [6, 6.07) is 7.66. The fraction of sp³-hybridized carbons (Fsp3) is 0.267. The van der Waals surface area contributed by atoms with Crippen LogP contribution in [0.1, 0.15) is 10.4 Å². The van der Waals surface area contributed by atoms with Crippen LogP contribution in [0.15, 0.2) is 38.3 Å². The van der Waals surface area contributed by atoms with Crippen molar-refractivity contribution in [3.63, 3.8) is 0 Å². The Morgan fingerprint density at radius 1 is 1.24 bits per heavy atom. The van der Waals surface area contributed by atoms with Crippen LogP contribution in [0.3, 0.4) is 0 Å². The van der Waals surface area contributed by atoms with E-state index in [1.807, 2.05) is 4.90 Å². The highest BCUT2D eigenvalue weighted by Gasteiger charge is 2.21. The van der Waals surface area contributed by atoms with Crippen molar-refractivity contribution in [2.24, 2.45) is 0 Å². The highest BCUT2D eigenvalue weighted by Crippen LogP contribution is 2.30. The van der Waals surface area contributed by atoms with E-state index < -0.39 is 16.0 Å². The minimum absolute atomic E-state index is 0.0504. The molecule has 10 heteroatoms. The lowest BCUT2D eigenvalue weighted by atomic mass is 10.1. The van der Waals surface area contributed by atoms with E-state index in [0.717, 1.165) is 11.3 Å². The molecule has 2 aromatic rings. The summed E-state index contributed by atoms with van der Waals surface area (Å²) in [6.45, 7) is 2.24. The Kier molecular flexibility index (Phi) is 5.32. The van der Waals surface area contributed by atoms with Gasteiger partial charge in [0.15, 0.2) is 0 Å². The molecular formula is C15H15BrN2O5S2. The average molecular weight is 447 g/mol. The molecule has 1 fully saturated rings.